The lowest BCUT2D eigenvalue weighted by atomic mass is 9.95. The predicted octanol–water partition coefficient (Wildman–Crippen LogP) is -0.0444. The second-order valence-corrected chi connectivity index (χ2v) is 5.40. The Kier molecular flexibility index (Phi) is 3.85. The molecule has 5 atom stereocenters. The van der Waals surface area contributed by atoms with Crippen molar-refractivity contribution >= 4 is 28.7 Å². The van der Waals surface area contributed by atoms with Crippen molar-refractivity contribution in [2.24, 2.45) is 0 Å². The van der Waals surface area contributed by atoms with Crippen LogP contribution in [0.1, 0.15) is 13.2 Å². The van der Waals surface area contributed by atoms with Gasteiger partial charge in [-0.2, -0.15) is 4.98 Å². The molecular weight excluding hydrogens is 329 g/mol. The highest BCUT2D eigenvalue weighted by atomic mass is 35.5. The van der Waals surface area contributed by atoms with Crippen LogP contribution in [0.2, 0.25) is 0 Å². The largest absolute Gasteiger partial charge is 0.391 e. The molecule has 1 unspecified atom stereocenters. The number of nitrogens with two attached hydrogens (primary N) is 1. The molecule has 0 aromatic carbocycles. The zero-order valence-electron chi connectivity index (χ0n) is 11.9. The van der Waals surface area contributed by atoms with Crippen molar-refractivity contribution in [3.05, 3.63) is 12.5 Å². The van der Waals surface area contributed by atoms with Crippen molar-refractivity contribution in [3.8, 4) is 11.3 Å². The molecule has 1 saturated heterocycles. The van der Waals surface area contributed by atoms with Gasteiger partial charge in [0.25, 0.3) is 0 Å². The van der Waals surface area contributed by atoms with Crippen LogP contribution in [-0.4, -0.2) is 53.7 Å². The Bertz CT molecular complexity index is 804. The molecule has 2 aromatic heterocycles. The van der Waals surface area contributed by atoms with Crippen molar-refractivity contribution in [2.45, 2.75) is 37.1 Å². The van der Waals surface area contributed by atoms with Gasteiger partial charge in [-0.05, 0) is 24.4 Å². The SMILES string of the molecule is C[C@@H](O)[C@H]1O[C@@H](n2cnc3cnc(N)nc32)C(F)(C#CCl)[C@H]1O. The van der Waals surface area contributed by atoms with E-state index in [1.807, 2.05) is 5.38 Å². The molecular formula is C13H13ClFN5O3. The Labute approximate surface area is 135 Å². The Morgan fingerprint density at radius 3 is 2.96 bits per heavy atom. The van der Waals surface area contributed by atoms with E-state index in [1.165, 1.54) is 24.0 Å². The molecule has 2 aromatic rings. The molecule has 10 heteroatoms. The van der Waals surface area contributed by atoms with Gasteiger partial charge in [0.05, 0.1) is 18.6 Å². The van der Waals surface area contributed by atoms with Crippen LogP contribution in [0.4, 0.5) is 10.3 Å². The second-order valence-electron chi connectivity index (χ2n) is 5.21. The smallest absolute Gasteiger partial charge is 0.244 e. The van der Waals surface area contributed by atoms with E-state index in [0.717, 1.165) is 0 Å². The number of nitrogen functional groups attached to an aromatic ring is 1. The van der Waals surface area contributed by atoms with Gasteiger partial charge in [-0.25, -0.2) is 14.4 Å². The number of aliphatic hydroxyl groups excluding tert-OH is 2. The monoisotopic (exact) mass is 341 g/mol. The lowest BCUT2D eigenvalue weighted by molar-refractivity contribution is -0.0776. The summed E-state index contributed by atoms with van der Waals surface area (Å²) in [6, 6.07) is 0. The molecule has 1 aliphatic heterocycles. The minimum atomic E-state index is -2.56. The van der Waals surface area contributed by atoms with Gasteiger partial charge >= 0.3 is 0 Å². The second kappa shape index (κ2) is 5.58. The Balaban J connectivity index is 2.14. The van der Waals surface area contributed by atoms with E-state index in [2.05, 4.69) is 20.9 Å². The molecule has 8 nitrogen and oxygen atoms in total. The van der Waals surface area contributed by atoms with Crippen molar-refractivity contribution in [3.63, 3.8) is 0 Å². The fraction of sp³-hybridized carbons (Fsp3) is 0.462. The zero-order chi connectivity index (χ0) is 16.8. The molecule has 0 saturated carbocycles. The fourth-order valence-corrected chi connectivity index (χ4v) is 2.72. The van der Waals surface area contributed by atoms with Crippen LogP contribution in [-0.2, 0) is 4.74 Å². The molecule has 0 radical (unpaired) electrons. The van der Waals surface area contributed by atoms with E-state index in [9.17, 15) is 10.2 Å². The first kappa shape index (κ1) is 15.9. The number of alkyl halides is 1. The summed E-state index contributed by atoms with van der Waals surface area (Å²) in [6.07, 6.45) is -2.81. The summed E-state index contributed by atoms with van der Waals surface area (Å²) in [7, 11) is 0. The number of hydrogen-bond donors (Lipinski definition) is 3. The van der Waals surface area contributed by atoms with Gasteiger partial charge in [-0.3, -0.25) is 4.57 Å². The molecule has 23 heavy (non-hydrogen) atoms. The molecule has 0 spiro atoms. The highest BCUT2D eigenvalue weighted by Gasteiger charge is 2.59. The highest BCUT2D eigenvalue weighted by Crippen LogP contribution is 2.43. The third-order valence-electron chi connectivity index (χ3n) is 3.69. The van der Waals surface area contributed by atoms with E-state index in [4.69, 9.17) is 22.1 Å². The molecule has 0 aliphatic carbocycles. The number of fused-ring (bicyclic) bond motifs is 1. The normalized spacial score (nSPS) is 31.8. The number of aromatic nitrogens is 4. The number of rotatable bonds is 2. The van der Waals surface area contributed by atoms with Gasteiger partial charge in [-0.15, -0.1) is 0 Å². The topological polar surface area (TPSA) is 119 Å². The van der Waals surface area contributed by atoms with Gasteiger partial charge in [0.15, 0.2) is 11.9 Å². The summed E-state index contributed by atoms with van der Waals surface area (Å²) in [4.78, 5) is 11.8. The number of anilines is 1. The number of hydrogen-bond acceptors (Lipinski definition) is 7. The average molecular weight is 342 g/mol. The third-order valence-corrected chi connectivity index (χ3v) is 3.78. The summed E-state index contributed by atoms with van der Waals surface area (Å²) < 4.78 is 22.0. The van der Waals surface area contributed by atoms with Gasteiger partial charge in [0.2, 0.25) is 11.6 Å². The number of aliphatic hydroxyl groups is 2. The number of imidazole rings is 1. The van der Waals surface area contributed by atoms with Crippen LogP contribution in [0.15, 0.2) is 12.5 Å². The Morgan fingerprint density at radius 2 is 2.30 bits per heavy atom. The summed E-state index contributed by atoms with van der Waals surface area (Å²) in [5, 5.41) is 21.8. The summed E-state index contributed by atoms with van der Waals surface area (Å²) in [6.45, 7) is 1.37. The van der Waals surface area contributed by atoms with E-state index >= 15 is 4.39 Å². The maximum atomic E-state index is 15.3. The number of halogens is 2. The fourth-order valence-electron chi connectivity index (χ4n) is 2.57. The summed E-state index contributed by atoms with van der Waals surface area (Å²) >= 11 is 5.33. The van der Waals surface area contributed by atoms with E-state index < -0.39 is 30.2 Å². The average Bonchev–Trinajstić information content (AvgIpc) is 3.00. The van der Waals surface area contributed by atoms with Crippen molar-refractivity contribution in [1.29, 1.82) is 0 Å². The molecule has 122 valence electrons. The zero-order valence-corrected chi connectivity index (χ0v) is 12.6. The van der Waals surface area contributed by atoms with Crippen molar-refractivity contribution in [1.82, 2.24) is 19.5 Å². The predicted molar refractivity (Wildman–Crippen MR) is 78.8 cm³/mol. The van der Waals surface area contributed by atoms with Crippen LogP contribution in [0.5, 0.6) is 0 Å². The molecule has 3 rings (SSSR count). The molecule has 4 N–H and O–H groups in total. The van der Waals surface area contributed by atoms with E-state index in [1.54, 1.807) is 0 Å². The minimum absolute atomic E-state index is 0.0299. The van der Waals surface area contributed by atoms with Gasteiger partial charge in [0, 0.05) is 5.38 Å². The molecule has 1 aliphatic rings. The highest BCUT2D eigenvalue weighted by molar-refractivity contribution is 6.30. The summed E-state index contributed by atoms with van der Waals surface area (Å²) in [5.74, 6) is 2.08. The lowest BCUT2D eigenvalue weighted by Gasteiger charge is -2.23. The Morgan fingerprint density at radius 1 is 1.57 bits per heavy atom. The van der Waals surface area contributed by atoms with Crippen LogP contribution in [0, 0.1) is 11.3 Å². The first-order valence-corrected chi connectivity index (χ1v) is 7.04. The third kappa shape index (κ3) is 2.40. The number of nitrogens with zero attached hydrogens (tertiary/aromatic N) is 4. The maximum Gasteiger partial charge on any atom is 0.244 e. The first-order chi connectivity index (χ1) is 10.9. The minimum Gasteiger partial charge on any atom is -0.391 e. The standard InChI is InChI=1S/C13H13ClFN5O3/c1-6(21)8-9(22)13(15,2-3-14)11(23-8)20-5-18-7-4-17-12(16)19-10(7)20/h4-6,8-9,11,21-22H,1H3,(H2,16,17,19)/t6-,8-,9+,11-,13?/m1/s1. The maximum absolute atomic E-state index is 15.3. The van der Waals surface area contributed by atoms with Gasteiger partial charge < -0.3 is 20.7 Å². The summed E-state index contributed by atoms with van der Waals surface area (Å²) in [5.41, 5.74) is 3.55. The van der Waals surface area contributed by atoms with Crippen LogP contribution in [0.3, 0.4) is 0 Å². The lowest BCUT2D eigenvalue weighted by Crippen LogP contribution is -2.44. The van der Waals surface area contributed by atoms with E-state index in [0.29, 0.717) is 5.52 Å². The van der Waals surface area contributed by atoms with Crippen LogP contribution in [0.25, 0.3) is 11.2 Å². The first-order valence-electron chi connectivity index (χ1n) is 6.67. The van der Waals surface area contributed by atoms with Gasteiger partial charge in [-0.1, -0.05) is 0 Å². The van der Waals surface area contributed by atoms with Crippen LogP contribution < -0.4 is 5.73 Å². The van der Waals surface area contributed by atoms with Crippen molar-refractivity contribution in [2.75, 3.05) is 5.73 Å². The van der Waals surface area contributed by atoms with Gasteiger partial charge in [0.1, 0.15) is 17.7 Å². The van der Waals surface area contributed by atoms with E-state index in [-0.39, 0.29) is 11.6 Å². The Hall–Kier alpha value is -1.99. The molecule has 0 bridgehead atoms. The van der Waals surface area contributed by atoms with Crippen molar-refractivity contribution < 1.29 is 19.3 Å². The quantitative estimate of drug-likeness (QED) is 0.655. The molecule has 0 amide bonds. The molecule has 3 heterocycles. The molecule has 1 fully saturated rings. The number of ether oxygens (including phenoxy) is 1. The van der Waals surface area contributed by atoms with Crippen LogP contribution >= 0.6 is 11.6 Å².